The second-order valence-electron chi connectivity index (χ2n) is 5.26. The molecule has 8 heteroatoms. The summed E-state index contributed by atoms with van der Waals surface area (Å²) in [7, 11) is 0. The van der Waals surface area contributed by atoms with Crippen molar-refractivity contribution in [2.24, 2.45) is 5.73 Å². The second kappa shape index (κ2) is 7.06. The number of hydrogen-bond donors (Lipinski definition) is 2. The molecule has 0 aliphatic heterocycles. The third kappa shape index (κ3) is 3.86. The first-order valence-electron chi connectivity index (χ1n) is 6.98. The summed E-state index contributed by atoms with van der Waals surface area (Å²) in [4.78, 5) is 4.19. The molecule has 0 amide bonds. The van der Waals surface area contributed by atoms with Crippen LogP contribution in [0, 0.1) is 0 Å². The molecule has 124 valence electrons. The SMILES string of the molecule is Cl.NC/C(=C\F)COc1ccc(-c2n[nH]c(C3(F)CC3)n2)cc1. The summed E-state index contributed by atoms with van der Waals surface area (Å²) in [5.74, 6) is 1.30. The van der Waals surface area contributed by atoms with E-state index < -0.39 is 5.67 Å². The number of halogens is 3. The van der Waals surface area contributed by atoms with Gasteiger partial charge in [0, 0.05) is 17.7 Å². The number of hydrogen-bond acceptors (Lipinski definition) is 4. The van der Waals surface area contributed by atoms with Crippen molar-refractivity contribution in [1.29, 1.82) is 0 Å². The number of nitrogens with zero attached hydrogens (tertiary/aromatic N) is 2. The number of alkyl halides is 1. The van der Waals surface area contributed by atoms with Gasteiger partial charge >= 0.3 is 0 Å². The van der Waals surface area contributed by atoms with E-state index in [1.165, 1.54) is 0 Å². The van der Waals surface area contributed by atoms with Crippen LogP contribution in [0.2, 0.25) is 0 Å². The lowest BCUT2D eigenvalue weighted by molar-refractivity contribution is 0.301. The Hall–Kier alpha value is -1.99. The molecule has 1 aliphatic carbocycles. The van der Waals surface area contributed by atoms with E-state index in [-0.39, 0.29) is 31.4 Å². The Kier molecular flexibility index (Phi) is 5.33. The van der Waals surface area contributed by atoms with E-state index in [0.717, 1.165) is 5.56 Å². The fraction of sp³-hybridized carbons (Fsp3) is 0.333. The number of benzene rings is 1. The Morgan fingerprint density at radius 2 is 2.04 bits per heavy atom. The quantitative estimate of drug-likeness (QED) is 0.846. The van der Waals surface area contributed by atoms with Gasteiger partial charge < -0.3 is 10.5 Å². The molecule has 5 nitrogen and oxygen atoms in total. The zero-order valence-corrected chi connectivity index (χ0v) is 13.1. The van der Waals surface area contributed by atoms with Crippen molar-refractivity contribution < 1.29 is 13.5 Å². The van der Waals surface area contributed by atoms with E-state index in [4.69, 9.17) is 10.5 Å². The predicted molar refractivity (Wildman–Crippen MR) is 84.8 cm³/mol. The predicted octanol–water partition coefficient (Wildman–Crippen LogP) is 3.04. The zero-order chi connectivity index (χ0) is 15.6. The van der Waals surface area contributed by atoms with Crippen LogP contribution in [0.5, 0.6) is 5.75 Å². The van der Waals surface area contributed by atoms with E-state index in [1.807, 2.05) is 0 Å². The molecule has 1 fully saturated rings. The highest BCUT2D eigenvalue weighted by atomic mass is 35.5. The molecule has 0 spiro atoms. The first-order chi connectivity index (χ1) is 10.6. The molecule has 1 heterocycles. The molecule has 1 aliphatic rings. The molecule has 0 radical (unpaired) electrons. The van der Waals surface area contributed by atoms with Crippen LogP contribution < -0.4 is 10.5 Å². The minimum atomic E-state index is -1.33. The lowest BCUT2D eigenvalue weighted by atomic mass is 10.2. The molecule has 1 aromatic heterocycles. The van der Waals surface area contributed by atoms with Gasteiger partial charge in [0.2, 0.25) is 0 Å². The summed E-state index contributed by atoms with van der Waals surface area (Å²) in [6.45, 7) is 0.209. The lowest BCUT2D eigenvalue weighted by Gasteiger charge is -2.07. The highest BCUT2D eigenvalue weighted by molar-refractivity contribution is 5.85. The summed E-state index contributed by atoms with van der Waals surface area (Å²) < 4.78 is 31.7. The summed E-state index contributed by atoms with van der Waals surface area (Å²) in [6.07, 6.45) is 1.42. The first kappa shape index (κ1) is 17.4. The normalized spacial score (nSPS) is 15.9. The van der Waals surface area contributed by atoms with Crippen LogP contribution in [-0.2, 0) is 5.67 Å². The van der Waals surface area contributed by atoms with Gasteiger partial charge in [0.15, 0.2) is 17.3 Å². The van der Waals surface area contributed by atoms with Crippen molar-refractivity contribution in [3.63, 3.8) is 0 Å². The fourth-order valence-corrected chi connectivity index (χ4v) is 1.95. The van der Waals surface area contributed by atoms with Crippen LogP contribution in [0.25, 0.3) is 11.4 Å². The second-order valence-corrected chi connectivity index (χ2v) is 5.26. The standard InChI is InChI=1S/C15H16F2N4O.ClH/c16-7-10(8-18)9-22-12-3-1-11(2-4-12)13-19-14(21-20-13)15(17)5-6-15;/h1-4,7H,5-6,8-9,18H2,(H,19,20,21);1H/b10-7+;. The summed E-state index contributed by atoms with van der Waals surface area (Å²) in [6, 6.07) is 6.98. The summed E-state index contributed by atoms with van der Waals surface area (Å²) >= 11 is 0. The van der Waals surface area contributed by atoms with Crippen molar-refractivity contribution in [3.05, 3.63) is 42.0 Å². The van der Waals surface area contributed by atoms with Gasteiger partial charge in [0.25, 0.3) is 0 Å². The van der Waals surface area contributed by atoms with Gasteiger partial charge in [0.1, 0.15) is 12.4 Å². The average molecular weight is 343 g/mol. The summed E-state index contributed by atoms with van der Waals surface area (Å²) in [5, 5.41) is 6.68. The molecule has 1 saturated carbocycles. The highest BCUT2D eigenvalue weighted by Gasteiger charge is 2.48. The maximum absolute atomic E-state index is 13.9. The molecule has 0 unspecified atom stereocenters. The van der Waals surface area contributed by atoms with Crippen molar-refractivity contribution >= 4 is 12.4 Å². The third-order valence-corrected chi connectivity index (χ3v) is 3.55. The largest absolute Gasteiger partial charge is 0.489 e. The van der Waals surface area contributed by atoms with Crippen molar-refractivity contribution in [2.45, 2.75) is 18.5 Å². The molecule has 0 saturated heterocycles. The topological polar surface area (TPSA) is 76.8 Å². The number of aromatic nitrogens is 3. The van der Waals surface area contributed by atoms with Gasteiger partial charge in [-0.1, -0.05) is 0 Å². The van der Waals surface area contributed by atoms with Crippen LogP contribution in [0.3, 0.4) is 0 Å². The summed E-state index contributed by atoms with van der Waals surface area (Å²) in [5.41, 5.74) is 5.15. The van der Waals surface area contributed by atoms with Gasteiger partial charge in [-0.3, -0.25) is 5.10 Å². The number of nitrogens with two attached hydrogens (primary N) is 1. The number of H-pyrrole nitrogens is 1. The van der Waals surface area contributed by atoms with E-state index in [9.17, 15) is 8.78 Å². The number of ether oxygens (including phenoxy) is 1. The number of nitrogens with one attached hydrogen (secondary N) is 1. The first-order valence-corrected chi connectivity index (χ1v) is 6.98. The molecule has 2 aromatic rings. The molecule has 1 aromatic carbocycles. The van der Waals surface area contributed by atoms with Crippen LogP contribution in [0.15, 0.2) is 36.2 Å². The smallest absolute Gasteiger partial charge is 0.181 e. The molecular formula is C15H17ClF2N4O. The molecule has 23 heavy (non-hydrogen) atoms. The Morgan fingerprint density at radius 3 is 2.61 bits per heavy atom. The van der Waals surface area contributed by atoms with Gasteiger partial charge in [-0.2, -0.15) is 5.10 Å². The van der Waals surface area contributed by atoms with Gasteiger partial charge in [-0.25, -0.2) is 13.8 Å². The zero-order valence-electron chi connectivity index (χ0n) is 12.3. The van der Waals surface area contributed by atoms with Gasteiger partial charge in [-0.15, -0.1) is 12.4 Å². The Balaban J connectivity index is 0.00000192. The fourth-order valence-electron chi connectivity index (χ4n) is 1.95. The van der Waals surface area contributed by atoms with E-state index >= 15 is 0 Å². The highest BCUT2D eigenvalue weighted by Crippen LogP contribution is 2.48. The van der Waals surface area contributed by atoms with Crippen LogP contribution >= 0.6 is 12.4 Å². The molecular weight excluding hydrogens is 326 g/mol. The molecule has 3 N–H and O–H groups in total. The van der Waals surface area contributed by atoms with Crippen molar-refractivity contribution in [1.82, 2.24) is 15.2 Å². The minimum Gasteiger partial charge on any atom is -0.489 e. The van der Waals surface area contributed by atoms with Crippen LogP contribution in [-0.4, -0.2) is 28.3 Å². The van der Waals surface area contributed by atoms with Gasteiger partial charge in [-0.05, 0) is 37.1 Å². The number of rotatable bonds is 6. The Labute approximate surface area is 138 Å². The maximum Gasteiger partial charge on any atom is 0.181 e. The van der Waals surface area contributed by atoms with Crippen LogP contribution in [0.4, 0.5) is 8.78 Å². The third-order valence-electron chi connectivity index (χ3n) is 3.55. The number of aromatic amines is 1. The van der Waals surface area contributed by atoms with E-state index in [2.05, 4.69) is 15.2 Å². The Bertz CT molecular complexity index is 683. The lowest BCUT2D eigenvalue weighted by Crippen LogP contribution is -2.10. The molecule has 3 rings (SSSR count). The van der Waals surface area contributed by atoms with E-state index in [1.54, 1.807) is 24.3 Å². The molecule has 0 bridgehead atoms. The van der Waals surface area contributed by atoms with E-state index in [0.29, 0.717) is 36.3 Å². The monoisotopic (exact) mass is 342 g/mol. The minimum absolute atomic E-state index is 0. The maximum atomic E-state index is 13.9. The van der Waals surface area contributed by atoms with Gasteiger partial charge in [0.05, 0.1) is 6.33 Å². The average Bonchev–Trinajstić information content (AvgIpc) is 3.11. The van der Waals surface area contributed by atoms with Crippen LogP contribution in [0.1, 0.15) is 18.7 Å². The Morgan fingerprint density at radius 1 is 1.35 bits per heavy atom. The van der Waals surface area contributed by atoms with Crippen molar-refractivity contribution in [2.75, 3.05) is 13.2 Å². The van der Waals surface area contributed by atoms with Crippen molar-refractivity contribution in [3.8, 4) is 17.1 Å². The molecule has 0 atom stereocenters.